The van der Waals surface area contributed by atoms with E-state index < -0.39 is 11.4 Å². The van der Waals surface area contributed by atoms with Crippen molar-refractivity contribution in [2.45, 2.75) is 45.0 Å². The molecule has 1 aliphatic rings. The molecule has 0 saturated carbocycles. The van der Waals surface area contributed by atoms with Crippen LogP contribution in [0, 0.1) is 5.82 Å². The van der Waals surface area contributed by atoms with Gasteiger partial charge in [0.05, 0.1) is 12.2 Å². The maximum atomic E-state index is 13.9. The standard InChI is InChI=1S/C16H21FO3/c1-16(2,18)9-8-12-6-7-14(13(17)11-12)20-15-5-3-4-10-19-15/h6-9,11,15,18H,3-5,10H2,1-2H3. The Kier molecular flexibility index (Phi) is 4.78. The van der Waals surface area contributed by atoms with Crippen molar-refractivity contribution in [2.75, 3.05) is 6.61 Å². The lowest BCUT2D eigenvalue weighted by Gasteiger charge is -2.23. The summed E-state index contributed by atoms with van der Waals surface area (Å²) in [6.07, 6.45) is 5.81. The molecule has 1 heterocycles. The zero-order chi connectivity index (χ0) is 14.6. The van der Waals surface area contributed by atoms with Crippen LogP contribution in [0.5, 0.6) is 5.75 Å². The van der Waals surface area contributed by atoms with Crippen molar-refractivity contribution in [3.63, 3.8) is 0 Å². The summed E-state index contributed by atoms with van der Waals surface area (Å²) in [4.78, 5) is 0. The number of aliphatic hydroxyl groups is 1. The fraction of sp³-hybridized carbons (Fsp3) is 0.500. The molecule has 1 saturated heterocycles. The van der Waals surface area contributed by atoms with Crippen LogP contribution in [0.1, 0.15) is 38.7 Å². The van der Waals surface area contributed by atoms with E-state index in [0.29, 0.717) is 12.2 Å². The second-order valence-electron chi connectivity index (χ2n) is 5.59. The molecule has 0 amide bonds. The van der Waals surface area contributed by atoms with E-state index in [-0.39, 0.29) is 12.0 Å². The molecule has 0 radical (unpaired) electrons. The van der Waals surface area contributed by atoms with Gasteiger partial charge in [0.2, 0.25) is 0 Å². The fourth-order valence-corrected chi connectivity index (χ4v) is 1.96. The smallest absolute Gasteiger partial charge is 0.199 e. The van der Waals surface area contributed by atoms with Crippen molar-refractivity contribution in [3.05, 3.63) is 35.7 Å². The van der Waals surface area contributed by atoms with Crippen LogP contribution < -0.4 is 4.74 Å². The Hall–Kier alpha value is -1.39. The molecule has 0 aliphatic carbocycles. The third-order valence-electron chi connectivity index (χ3n) is 3.04. The highest BCUT2D eigenvalue weighted by Crippen LogP contribution is 2.24. The normalized spacial score (nSPS) is 20.3. The number of rotatable bonds is 4. The summed E-state index contributed by atoms with van der Waals surface area (Å²) in [5.74, 6) is -0.214. The third-order valence-corrected chi connectivity index (χ3v) is 3.04. The van der Waals surface area contributed by atoms with Crippen LogP contribution in [0.3, 0.4) is 0 Å². The van der Waals surface area contributed by atoms with Crippen LogP contribution in [0.15, 0.2) is 24.3 Å². The zero-order valence-corrected chi connectivity index (χ0v) is 11.9. The first-order chi connectivity index (χ1) is 9.44. The molecule has 1 N–H and O–H groups in total. The average Bonchev–Trinajstić information content (AvgIpc) is 2.40. The van der Waals surface area contributed by atoms with Crippen molar-refractivity contribution in [3.8, 4) is 5.75 Å². The number of benzene rings is 1. The molecule has 1 unspecified atom stereocenters. The van der Waals surface area contributed by atoms with E-state index in [1.54, 1.807) is 38.1 Å². The summed E-state index contributed by atoms with van der Waals surface area (Å²) in [5, 5.41) is 9.60. The second kappa shape index (κ2) is 6.37. The molecule has 1 fully saturated rings. The highest BCUT2D eigenvalue weighted by atomic mass is 19.1. The van der Waals surface area contributed by atoms with Gasteiger partial charge in [-0.2, -0.15) is 0 Å². The molecule has 0 aromatic heterocycles. The molecule has 0 bridgehead atoms. The highest BCUT2D eigenvalue weighted by Gasteiger charge is 2.17. The Morgan fingerprint density at radius 3 is 2.80 bits per heavy atom. The summed E-state index contributed by atoms with van der Waals surface area (Å²) >= 11 is 0. The van der Waals surface area contributed by atoms with Crippen molar-refractivity contribution in [1.29, 1.82) is 0 Å². The van der Waals surface area contributed by atoms with Gasteiger partial charge < -0.3 is 14.6 Å². The van der Waals surface area contributed by atoms with Crippen molar-refractivity contribution >= 4 is 6.08 Å². The summed E-state index contributed by atoms with van der Waals surface area (Å²) in [6.45, 7) is 3.99. The minimum absolute atomic E-state index is 0.206. The summed E-state index contributed by atoms with van der Waals surface area (Å²) in [5.41, 5.74) is -0.233. The lowest BCUT2D eigenvalue weighted by Crippen LogP contribution is -2.25. The fourth-order valence-electron chi connectivity index (χ4n) is 1.96. The van der Waals surface area contributed by atoms with E-state index in [9.17, 15) is 9.50 Å². The molecule has 3 nitrogen and oxygen atoms in total. The van der Waals surface area contributed by atoms with Gasteiger partial charge in [-0.25, -0.2) is 4.39 Å². The molecule has 0 spiro atoms. The molecule has 1 aromatic carbocycles. The average molecular weight is 280 g/mol. The minimum Gasteiger partial charge on any atom is -0.462 e. The Morgan fingerprint density at radius 2 is 2.20 bits per heavy atom. The van der Waals surface area contributed by atoms with Crippen molar-refractivity contribution < 1.29 is 19.0 Å². The Bertz CT molecular complexity index is 471. The molecule has 1 aliphatic heterocycles. The SMILES string of the molecule is CC(C)(O)C=Cc1ccc(OC2CCCCO2)c(F)c1. The van der Waals surface area contributed by atoms with E-state index in [1.165, 1.54) is 6.07 Å². The third kappa shape index (κ3) is 4.62. The second-order valence-corrected chi connectivity index (χ2v) is 5.59. The number of ether oxygens (including phenoxy) is 2. The molecule has 20 heavy (non-hydrogen) atoms. The molecule has 2 rings (SSSR count). The van der Waals surface area contributed by atoms with Gasteiger partial charge in [0, 0.05) is 6.42 Å². The first-order valence-corrected chi connectivity index (χ1v) is 6.93. The Balaban J connectivity index is 2.03. The van der Waals surface area contributed by atoms with Gasteiger partial charge >= 0.3 is 0 Å². The minimum atomic E-state index is -0.915. The van der Waals surface area contributed by atoms with Gasteiger partial charge in [0.1, 0.15) is 0 Å². The van der Waals surface area contributed by atoms with Gasteiger partial charge in [-0.3, -0.25) is 0 Å². The van der Waals surface area contributed by atoms with E-state index in [0.717, 1.165) is 19.3 Å². The van der Waals surface area contributed by atoms with Crippen LogP contribution in [-0.2, 0) is 4.74 Å². The van der Waals surface area contributed by atoms with Gasteiger partial charge in [0.25, 0.3) is 0 Å². The van der Waals surface area contributed by atoms with Crippen LogP contribution in [-0.4, -0.2) is 23.6 Å². The highest BCUT2D eigenvalue weighted by molar-refractivity contribution is 5.52. The number of hydrogen-bond acceptors (Lipinski definition) is 3. The predicted molar refractivity (Wildman–Crippen MR) is 76.0 cm³/mol. The maximum Gasteiger partial charge on any atom is 0.199 e. The first kappa shape index (κ1) is 15.0. The van der Waals surface area contributed by atoms with E-state index in [4.69, 9.17) is 9.47 Å². The summed E-state index contributed by atoms with van der Waals surface area (Å²) in [6, 6.07) is 4.74. The Labute approximate surface area is 119 Å². The van der Waals surface area contributed by atoms with Crippen molar-refractivity contribution in [1.82, 2.24) is 0 Å². The number of halogens is 1. The van der Waals surface area contributed by atoms with Gasteiger partial charge in [-0.05, 0) is 44.4 Å². The van der Waals surface area contributed by atoms with Gasteiger partial charge in [-0.1, -0.05) is 18.2 Å². The zero-order valence-electron chi connectivity index (χ0n) is 11.9. The van der Waals surface area contributed by atoms with Gasteiger partial charge in [0.15, 0.2) is 17.9 Å². The van der Waals surface area contributed by atoms with E-state index >= 15 is 0 Å². The molecular formula is C16H21FO3. The van der Waals surface area contributed by atoms with Crippen LogP contribution in [0.2, 0.25) is 0 Å². The Morgan fingerprint density at radius 1 is 1.40 bits per heavy atom. The topological polar surface area (TPSA) is 38.7 Å². The van der Waals surface area contributed by atoms with Crippen LogP contribution in [0.25, 0.3) is 6.08 Å². The van der Waals surface area contributed by atoms with Crippen LogP contribution >= 0.6 is 0 Å². The summed E-state index contributed by atoms with van der Waals surface area (Å²) < 4.78 is 24.9. The molecule has 4 heteroatoms. The monoisotopic (exact) mass is 280 g/mol. The van der Waals surface area contributed by atoms with E-state index in [1.807, 2.05) is 0 Å². The summed E-state index contributed by atoms with van der Waals surface area (Å²) in [7, 11) is 0. The molecule has 1 aromatic rings. The first-order valence-electron chi connectivity index (χ1n) is 6.93. The molecule has 1 atom stereocenters. The van der Waals surface area contributed by atoms with E-state index in [2.05, 4.69) is 0 Å². The molecular weight excluding hydrogens is 259 g/mol. The largest absolute Gasteiger partial charge is 0.462 e. The van der Waals surface area contributed by atoms with Crippen molar-refractivity contribution in [2.24, 2.45) is 0 Å². The van der Waals surface area contributed by atoms with Crippen LogP contribution in [0.4, 0.5) is 4.39 Å². The lowest BCUT2D eigenvalue weighted by molar-refractivity contribution is -0.107. The predicted octanol–water partition coefficient (Wildman–Crippen LogP) is 3.52. The quantitative estimate of drug-likeness (QED) is 0.917. The maximum absolute atomic E-state index is 13.9. The number of hydrogen-bond donors (Lipinski definition) is 1. The molecule has 110 valence electrons. The van der Waals surface area contributed by atoms with Gasteiger partial charge in [-0.15, -0.1) is 0 Å². The lowest BCUT2D eigenvalue weighted by atomic mass is 10.1.